The Balaban J connectivity index is 3.06. The third-order valence-electron chi connectivity index (χ3n) is 3.54. The number of carbonyl (C=O) groups is 3. The third-order valence-corrected chi connectivity index (χ3v) is 3.54. The molecule has 0 saturated heterocycles. The summed E-state index contributed by atoms with van der Waals surface area (Å²) in [4.78, 5) is 40.7. The molecule has 0 radical (unpaired) electrons. The Morgan fingerprint density at radius 1 is 1.26 bits per heavy atom. The number of hydrogen-bond donors (Lipinski definition) is 1. The van der Waals surface area contributed by atoms with E-state index < -0.39 is 5.97 Å². The van der Waals surface area contributed by atoms with Crippen molar-refractivity contribution in [2.24, 2.45) is 0 Å². The molecule has 6 nitrogen and oxygen atoms in total. The van der Waals surface area contributed by atoms with Crippen LogP contribution in [-0.2, 0) is 9.53 Å². The SMILES string of the molecule is C=CCN(CC(=O)c1c(C)[nH]c(C(=O)OCC)c1C)C(=O)CC. The molecule has 0 atom stereocenters. The summed E-state index contributed by atoms with van der Waals surface area (Å²) < 4.78 is 4.97. The summed E-state index contributed by atoms with van der Waals surface area (Å²) in [5.41, 5.74) is 1.86. The van der Waals surface area contributed by atoms with E-state index in [0.29, 0.717) is 29.8 Å². The van der Waals surface area contributed by atoms with Crippen LogP contribution in [0.4, 0.5) is 0 Å². The Bertz CT molecular complexity index is 616. The first-order valence-corrected chi connectivity index (χ1v) is 7.65. The number of aromatic nitrogens is 1. The van der Waals surface area contributed by atoms with Crippen LogP contribution in [-0.4, -0.2) is 47.2 Å². The van der Waals surface area contributed by atoms with Crippen molar-refractivity contribution in [2.45, 2.75) is 34.1 Å². The first-order valence-electron chi connectivity index (χ1n) is 7.65. The minimum atomic E-state index is -0.486. The molecule has 1 aromatic heterocycles. The van der Waals surface area contributed by atoms with Gasteiger partial charge in [-0.15, -0.1) is 6.58 Å². The van der Waals surface area contributed by atoms with E-state index in [2.05, 4.69) is 11.6 Å². The van der Waals surface area contributed by atoms with Crippen LogP contribution in [0, 0.1) is 13.8 Å². The third kappa shape index (κ3) is 4.31. The van der Waals surface area contributed by atoms with Gasteiger partial charge in [0.25, 0.3) is 0 Å². The lowest BCUT2D eigenvalue weighted by Crippen LogP contribution is -2.35. The van der Waals surface area contributed by atoms with Gasteiger partial charge in [0.2, 0.25) is 5.91 Å². The summed E-state index contributed by atoms with van der Waals surface area (Å²) in [5, 5.41) is 0. The fourth-order valence-electron chi connectivity index (χ4n) is 2.46. The second-order valence-electron chi connectivity index (χ2n) is 5.19. The van der Waals surface area contributed by atoms with Crippen LogP contribution in [0.3, 0.4) is 0 Å². The van der Waals surface area contributed by atoms with Crippen LogP contribution in [0.25, 0.3) is 0 Å². The molecule has 1 amide bonds. The van der Waals surface area contributed by atoms with Crippen molar-refractivity contribution in [3.05, 3.63) is 35.2 Å². The van der Waals surface area contributed by atoms with Crippen molar-refractivity contribution in [1.29, 1.82) is 0 Å². The monoisotopic (exact) mass is 320 g/mol. The molecule has 0 fully saturated rings. The lowest BCUT2D eigenvalue weighted by molar-refractivity contribution is -0.129. The van der Waals surface area contributed by atoms with E-state index in [1.54, 1.807) is 33.8 Å². The van der Waals surface area contributed by atoms with Crippen molar-refractivity contribution in [3.8, 4) is 0 Å². The van der Waals surface area contributed by atoms with Crippen LogP contribution >= 0.6 is 0 Å². The average Bonchev–Trinajstić information content (AvgIpc) is 2.81. The number of carbonyl (C=O) groups excluding carboxylic acids is 3. The van der Waals surface area contributed by atoms with Crippen LogP contribution < -0.4 is 0 Å². The number of esters is 1. The summed E-state index contributed by atoms with van der Waals surface area (Å²) in [7, 11) is 0. The second-order valence-corrected chi connectivity index (χ2v) is 5.19. The number of Topliss-reactive ketones (excluding diaryl/α,β-unsaturated/α-hetero) is 1. The molecule has 23 heavy (non-hydrogen) atoms. The number of H-pyrrole nitrogens is 1. The lowest BCUT2D eigenvalue weighted by atomic mass is 10.0. The van der Waals surface area contributed by atoms with Crippen molar-refractivity contribution in [1.82, 2.24) is 9.88 Å². The molecule has 1 aromatic rings. The van der Waals surface area contributed by atoms with Gasteiger partial charge in [0.1, 0.15) is 5.69 Å². The molecule has 0 spiro atoms. The Labute approximate surface area is 136 Å². The number of ether oxygens (including phenoxy) is 1. The fourth-order valence-corrected chi connectivity index (χ4v) is 2.46. The highest BCUT2D eigenvalue weighted by atomic mass is 16.5. The van der Waals surface area contributed by atoms with E-state index in [9.17, 15) is 14.4 Å². The molecule has 0 bridgehead atoms. The number of rotatable bonds is 8. The van der Waals surface area contributed by atoms with Gasteiger partial charge >= 0.3 is 5.97 Å². The van der Waals surface area contributed by atoms with Crippen molar-refractivity contribution in [2.75, 3.05) is 19.7 Å². The highest BCUT2D eigenvalue weighted by molar-refractivity contribution is 6.04. The van der Waals surface area contributed by atoms with Gasteiger partial charge in [0.05, 0.1) is 13.2 Å². The van der Waals surface area contributed by atoms with E-state index >= 15 is 0 Å². The van der Waals surface area contributed by atoms with E-state index in [1.165, 1.54) is 4.90 Å². The Hall–Kier alpha value is -2.37. The molecule has 0 unspecified atom stereocenters. The number of aromatic amines is 1. The van der Waals surface area contributed by atoms with E-state index in [0.717, 1.165) is 0 Å². The van der Waals surface area contributed by atoms with Crippen LogP contribution in [0.2, 0.25) is 0 Å². The average molecular weight is 320 g/mol. The van der Waals surface area contributed by atoms with Crippen LogP contribution in [0.1, 0.15) is 52.4 Å². The number of amides is 1. The molecule has 0 aliphatic heterocycles. The maximum Gasteiger partial charge on any atom is 0.355 e. The Morgan fingerprint density at radius 3 is 2.43 bits per heavy atom. The Kier molecular flexibility index (Phi) is 6.75. The van der Waals surface area contributed by atoms with Crippen molar-refractivity contribution < 1.29 is 19.1 Å². The fraction of sp³-hybridized carbons (Fsp3) is 0.471. The van der Waals surface area contributed by atoms with Gasteiger partial charge in [-0.25, -0.2) is 4.79 Å². The minimum absolute atomic E-state index is 0.0412. The lowest BCUT2D eigenvalue weighted by Gasteiger charge is -2.19. The number of nitrogens with one attached hydrogen (secondary N) is 1. The zero-order valence-electron chi connectivity index (χ0n) is 14.2. The number of aryl methyl sites for hydroxylation is 1. The zero-order chi connectivity index (χ0) is 17.6. The molecule has 1 N–H and O–H groups in total. The van der Waals surface area contributed by atoms with Crippen LogP contribution in [0.5, 0.6) is 0 Å². The van der Waals surface area contributed by atoms with Gasteiger partial charge in [-0.1, -0.05) is 13.0 Å². The van der Waals surface area contributed by atoms with Gasteiger partial charge < -0.3 is 14.6 Å². The van der Waals surface area contributed by atoms with E-state index in [4.69, 9.17) is 4.74 Å². The molecule has 0 aliphatic carbocycles. The maximum absolute atomic E-state index is 12.6. The first-order chi connectivity index (χ1) is 10.9. The number of hydrogen-bond acceptors (Lipinski definition) is 4. The molecule has 1 heterocycles. The number of nitrogens with zero attached hydrogens (tertiary/aromatic N) is 1. The van der Waals surface area contributed by atoms with Gasteiger partial charge in [-0.05, 0) is 26.3 Å². The summed E-state index contributed by atoms with van der Waals surface area (Å²) in [6, 6.07) is 0. The predicted molar refractivity (Wildman–Crippen MR) is 87.6 cm³/mol. The summed E-state index contributed by atoms with van der Waals surface area (Å²) >= 11 is 0. The van der Waals surface area contributed by atoms with E-state index in [-0.39, 0.29) is 30.5 Å². The predicted octanol–water partition coefficient (Wildman–Crippen LogP) is 2.42. The van der Waals surface area contributed by atoms with Gasteiger partial charge in [0, 0.05) is 24.2 Å². The maximum atomic E-state index is 12.6. The molecule has 0 aliphatic rings. The quantitative estimate of drug-likeness (QED) is 0.453. The highest BCUT2D eigenvalue weighted by Gasteiger charge is 2.24. The first kappa shape index (κ1) is 18.7. The van der Waals surface area contributed by atoms with Gasteiger partial charge in [0.15, 0.2) is 5.78 Å². The molecule has 0 aromatic carbocycles. The molecule has 0 saturated carbocycles. The summed E-state index contributed by atoms with van der Waals surface area (Å²) in [6.45, 7) is 11.0. The summed E-state index contributed by atoms with van der Waals surface area (Å²) in [5.74, 6) is -0.815. The molecule has 1 rings (SSSR count). The molecular formula is C17H24N2O4. The van der Waals surface area contributed by atoms with Crippen molar-refractivity contribution in [3.63, 3.8) is 0 Å². The van der Waals surface area contributed by atoms with E-state index in [1.807, 2.05) is 0 Å². The number of ketones is 1. The topological polar surface area (TPSA) is 79.5 Å². The normalized spacial score (nSPS) is 10.3. The second kappa shape index (κ2) is 8.31. The minimum Gasteiger partial charge on any atom is -0.461 e. The van der Waals surface area contributed by atoms with Gasteiger partial charge in [-0.3, -0.25) is 9.59 Å². The van der Waals surface area contributed by atoms with Crippen molar-refractivity contribution >= 4 is 17.7 Å². The Morgan fingerprint density at radius 2 is 1.91 bits per heavy atom. The molecular weight excluding hydrogens is 296 g/mol. The van der Waals surface area contributed by atoms with Gasteiger partial charge in [-0.2, -0.15) is 0 Å². The summed E-state index contributed by atoms with van der Waals surface area (Å²) in [6.07, 6.45) is 1.90. The zero-order valence-corrected chi connectivity index (χ0v) is 14.2. The highest BCUT2D eigenvalue weighted by Crippen LogP contribution is 2.20. The molecule has 6 heteroatoms. The largest absolute Gasteiger partial charge is 0.461 e. The smallest absolute Gasteiger partial charge is 0.355 e. The molecule has 126 valence electrons. The van der Waals surface area contributed by atoms with Crippen LogP contribution in [0.15, 0.2) is 12.7 Å². The standard InChI is InChI=1S/C17H24N2O4/c1-6-9-19(14(21)7-2)10-13(20)15-11(4)16(18-12(15)5)17(22)23-8-3/h6,18H,1,7-10H2,2-5H3.